The van der Waals surface area contributed by atoms with E-state index in [1.165, 1.54) is 23.5 Å². The van der Waals surface area contributed by atoms with Crippen LogP contribution in [0.3, 0.4) is 0 Å². The summed E-state index contributed by atoms with van der Waals surface area (Å²) in [6.45, 7) is 1.73. The fraction of sp³-hybridized carbons (Fsp3) is 0.417. The molecule has 3 rings (SSSR count). The number of hydrogen-bond acceptors (Lipinski definition) is 3. The second-order valence-electron chi connectivity index (χ2n) is 7.91. The maximum absolute atomic E-state index is 13.3. The van der Waals surface area contributed by atoms with Crippen LogP contribution in [0.5, 0.6) is 5.75 Å². The first kappa shape index (κ1) is 23.3. The average molecular weight is 491 g/mol. The van der Waals surface area contributed by atoms with Crippen LogP contribution >= 0.6 is 15.9 Å². The van der Waals surface area contributed by atoms with E-state index in [2.05, 4.69) is 21.2 Å². The van der Waals surface area contributed by atoms with Crippen molar-refractivity contribution in [3.63, 3.8) is 0 Å². The smallest absolute Gasteiger partial charge is 0.261 e. The molecule has 1 fully saturated rings. The monoisotopic (exact) mass is 490 g/mol. The van der Waals surface area contributed by atoms with E-state index < -0.39 is 6.04 Å². The van der Waals surface area contributed by atoms with Crippen molar-refractivity contribution in [3.8, 4) is 5.75 Å². The Hall–Kier alpha value is -2.41. The van der Waals surface area contributed by atoms with E-state index in [1.54, 1.807) is 31.2 Å². The lowest BCUT2D eigenvalue weighted by molar-refractivity contribution is -0.142. The zero-order valence-corrected chi connectivity index (χ0v) is 19.2. The number of hydrogen-bond donors (Lipinski definition) is 1. The Balaban J connectivity index is 1.69. The van der Waals surface area contributed by atoms with Gasteiger partial charge in [-0.25, -0.2) is 4.39 Å². The van der Waals surface area contributed by atoms with E-state index >= 15 is 0 Å². The first-order valence-electron chi connectivity index (χ1n) is 10.6. The molecule has 31 heavy (non-hydrogen) atoms. The molecule has 0 bridgehead atoms. The molecule has 0 spiro atoms. The zero-order chi connectivity index (χ0) is 22.2. The average Bonchev–Trinajstić information content (AvgIpc) is 2.78. The molecule has 0 aliphatic heterocycles. The second-order valence-corrected chi connectivity index (χ2v) is 8.83. The molecule has 7 heteroatoms. The summed E-state index contributed by atoms with van der Waals surface area (Å²) in [5.74, 6) is -0.259. The fourth-order valence-electron chi connectivity index (χ4n) is 3.70. The van der Waals surface area contributed by atoms with Crippen molar-refractivity contribution in [2.24, 2.45) is 0 Å². The number of benzene rings is 2. The molecule has 1 atom stereocenters. The van der Waals surface area contributed by atoms with Gasteiger partial charge in [0.25, 0.3) is 5.91 Å². The van der Waals surface area contributed by atoms with Crippen LogP contribution in [0.1, 0.15) is 44.6 Å². The number of nitrogens with one attached hydrogen (secondary N) is 1. The molecule has 5 nitrogen and oxygen atoms in total. The summed E-state index contributed by atoms with van der Waals surface area (Å²) in [6.07, 6.45) is 5.36. The lowest BCUT2D eigenvalue weighted by Gasteiger charge is -2.31. The van der Waals surface area contributed by atoms with Crippen molar-refractivity contribution < 1.29 is 18.7 Å². The number of carbonyl (C=O) groups is 2. The van der Waals surface area contributed by atoms with Crippen molar-refractivity contribution in [1.82, 2.24) is 10.2 Å². The highest BCUT2D eigenvalue weighted by Gasteiger charge is 2.28. The van der Waals surface area contributed by atoms with Crippen LogP contribution in [0, 0.1) is 5.82 Å². The molecule has 2 aromatic rings. The van der Waals surface area contributed by atoms with Crippen LogP contribution in [0.25, 0.3) is 0 Å². The third kappa shape index (κ3) is 7.06. The van der Waals surface area contributed by atoms with Crippen LogP contribution < -0.4 is 10.1 Å². The van der Waals surface area contributed by atoms with Gasteiger partial charge in [-0.2, -0.15) is 0 Å². The lowest BCUT2D eigenvalue weighted by Crippen LogP contribution is -2.51. The summed E-state index contributed by atoms with van der Waals surface area (Å²) in [4.78, 5) is 27.4. The Kier molecular flexibility index (Phi) is 8.46. The number of halogens is 2. The summed E-state index contributed by atoms with van der Waals surface area (Å²) in [6, 6.07) is 12.6. The predicted molar refractivity (Wildman–Crippen MR) is 121 cm³/mol. The van der Waals surface area contributed by atoms with Gasteiger partial charge in [-0.1, -0.05) is 47.3 Å². The van der Waals surface area contributed by atoms with Crippen LogP contribution in [-0.4, -0.2) is 35.4 Å². The third-order valence-corrected chi connectivity index (χ3v) is 6.09. The minimum atomic E-state index is -0.673. The first-order chi connectivity index (χ1) is 14.9. The summed E-state index contributed by atoms with van der Waals surface area (Å²) in [5, 5.41) is 3.09. The summed E-state index contributed by atoms with van der Waals surface area (Å²) < 4.78 is 19.8. The molecule has 2 amide bonds. The molecule has 1 aliphatic rings. The van der Waals surface area contributed by atoms with Crippen molar-refractivity contribution >= 4 is 27.7 Å². The van der Waals surface area contributed by atoms with Crippen molar-refractivity contribution in [2.45, 2.75) is 57.7 Å². The summed E-state index contributed by atoms with van der Waals surface area (Å²) in [5.41, 5.74) is 0.746. The molecule has 166 valence electrons. The number of ether oxygens (including phenoxy) is 1. The van der Waals surface area contributed by atoms with Crippen molar-refractivity contribution in [1.29, 1.82) is 0 Å². The number of amides is 2. The van der Waals surface area contributed by atoms with Gasteiger partial charge in [-0.05, 0) is 61.7 Å². The van der Waals surface area contributed by atoms with Gasteiger partial charge < -0.3 is 15.0 Å². The Morgan fingerprint density at radius 1 is 1.10 bits per heavy atom. The van der Waals surface area contributed by atoms with Gasteiger partial charge in [0.05, 0.1) is 0 Å². The standard InChI is InChI=1S/C24H28BrFN2O3/c1-17(24(30)27-21-5-3-2-4-6-21)28(15-18-7-11-20(26)12-8-18)23(29)16-31-22-13-9-19(25)10-14-22/h7-14,17,21H,2-6,15-16H2,1H3,(H,27,30)/t17-/m0/s1. The SMILES string of the molecule is C[C@@H](C(=O)NC1CCCCC1)N(Cc1ccc(F)cc1)C(=O)COc1ccc(Br)cc1. The Morgan fingerprint density at radius 3 is 2.39 bits per heavy atom. The topological polar surface area (TPSA) is 58.6 Å². The van der Waals surface area contributed by atoms with E-state index in [4.69, 9.17) is 4.74 Å². The van der Waals surface area contributed by atoms with E-state index in [1.807, 2.05) is 12.1 Å². The van der Waals surface area contributed by atoms with Gasteiger partial charge in [-0.3, -0.25) is 9.59 Å². The molecule has 0 aromatic heterocycles. The van der Waals surface area contributed by atoms with Crippen molar-refractivity contribution in [3.05, 3.63) is 64.4 Å². The van der Waals surface area contributed by atoms with Gasteiger partial charge >= 0.3 is 0 Å². The van der Waals surface area contributed by atoms with Crippen LogP contribution in [-0.2, 0) is 16.1 Å². The van der Waals surface area contributed by atoms with E-state index in [0.29, 0.717) is 5.75 Å². The summed E-state index contributed by atoms with van der Waals surface area (Å²) in [7, 11) is 0. The molecular weight excluding hydrogens is 463 g/mol. The normalized spacial score (nSPS) is 15.2. The van der Waals surface area contributed by atoms with Crippen LogP contribution in [0.4, 0.5) is 4.39 Å². The molecule has 0 saturated heterocycles. The number of nitrogens with zero attached hydrogens (tertiary/aromatic N) is 1. The summed E-state index contributed by atoms with van der Waals surface area (Å²) >= 11 is 3.36. The van der Waals surface area contributed by atoms with Crippen LogP contribution in [0.2, 0.25) is 0 Å². The van der Waals surface area contributed by atoms with Crippen molar-refractivity contribution in [2.75, 3.05) is 6.61 Å². The Morgan fingerprint density at radius 2 is 1.74 bits per heavy atom. The molecular formula is C24H28BrFN2O3. The largest absolute Gasteiger partial charge is 0.484 e. The molecule has 0 radical (unpaired) electrons. The predicted octanol–water partition coefficient (Wildman–Crippen LogP) is 4.83. The zero-order valence-electron chi connectivity index (χ0n) is 17.7. The molecule has 1 saturated carbocycles. The van der Waals surface area contributed by atoms with Gasteiger partial charge in [0.15, 0.2) is 6.61 Å². The molecule has 0 unspecified atom stereocenters. The molecule has 0 heterocycles. The number of carbonyl (C=O) groups excluding carboxylic acids is 2. The minimum absolute atomic E-state index is 0.158. The van der Waals surface area contributed by atoms with Gasteiger partial charge in [0.2, 0.25) is 5.91 Å². The molecule has 2 aromatic carbocycles. The Labute approximate surface area is 191 Å². The first-order valence-corrected chi connectivity index (χ1v) is 11.4. The lowest BCUT2D eigenvalue weighted by atomic mass is 9.95. The van der Waals surface area contributed by atoms with E-state index in [0.717, 1.165) is 35.7 Å². The third-order valence-electron chi connectivity index (χ3n) is 5.56. The quantitative estimate of drug-likeness (QED) is 0.576. The maximum atomic E-state index is 13.3. The maximum Gasteiger partial charge on any atom is 0.261 e. The van der Waals surface area contributed by atoms with E-state index in [-0.39, 0.29) is 36.8 Å². The fourth-order valence-corrected chi connectivity index (χ4v) is 3.96. The second kappa shape index (κ2) is 11.3. The van der Waals surface area contributed by atoms with E-state index in [9.17, 15) is 14.0 Å². The minimum Gasteiger partial charge on any atom is -0.484 e. The van der Waals surface area contributed by atoms with Crippen LogP contribution in [0.15, 0.2) is 53.0 Å². The van der Waals surface area contributed by atoms with Gasteiger partial charge in [0, 0.05) is 17.1 Å². The highest BCUT2D eigenvalue weighted by molar-refractivity contribution is 9.10. The highest BCUT2D eigenvalue weighted by atomic mass is 79.9. The Bertz CT molecular complexity index is 867. The van der Waals surface area contributed by atoms with Gasteiger partial charge in [0.1, 0.15) is 17.6 Å². The van der Waals surface area contributed by atoms with Gasteiger partial charge in [-0.15, -0.1) is 0 Å². The molecule has 1 N–H and O–H groups in total. The number of rotatable bonds is 8. The molecule has 1 aliphatic carbocycles. The highest BCUT2D eigenvalue weighted by Crippen LogP contribution is 2.19.